The first-order valence-corrected chi connectivity index (χ1v) is 4.43. The molecule has 1 rings (SSSR count). The maximum absolute atomic E-state index is 11.3. The highest BCUT2D eigenvalue weighted by atomic mass is 16.5. The topological polar surface area (TPSA) is 83.0 Å². The Hall–Kier alpha value is -1.43. The Kier molecular flexibility index (Phi) is 3.58. The predicted octanol–water partition coefficient (Wildman–Crippen LogP) is -0.270. The van der Waals surface area contributed by atoms with Gasteiger partial charge in [0.15, 0.2) is 0 Å². The monoisotopic (exact) mass is 198 g/mol. The van der Waals surface area contributed by atoms with Crippen molar-refractivity contribution in [1.82, 2.24) is 14.8 Å². The van der Waals surface area contributed by atoms with Crippen LogP contribution in [0.1, 0.15) is 19.9 Å². The second kappa shape index (κ2) is 4.71. The van der Waals surface area contributed by atoms with Crippen molar-refractivity contribution in [2.24, 2.45) is 5.73 Å². The maximum Gasteiger partial charge on any atom is 0.325 e. The Balaban J connectivity index is 2.61. The zero-order valence-corrected chi connectivity index (χ0v) is 8.25. The van der Waals surface area contributed by atoms with Crippen LogP contribution in [0.3, 0.4) is 0 Å². The molecule has 0 fully saturated rings. The summed E-state index contributed by atoms with van der Waals surface area (Å²) < 4.78 is 6.33. The van der Waals surface area contributed by atoms with Crippen LogP contribution in [0.4, 0.5) is 0 Å². The summed E-state index contributed by atoms with van der Waals surface area (Å²) in [7, 11) is 0. The molecular weight excluding hydrogens is 184 g/mol. The fraction of sp³-hybridized carbons (Fsp3) is 0.625. The molecule has 2 atom stereocenters. The van der Waals surface area contributed by atoms with Crippen LogP contribution in [0.25, 0.3) is 0 Å². The van der Waals surface area contributed by atoms with Crippen molar-refractivity contribution in [3.05, 3.63) is 12.7 Å². The maximum atomic E-state index is 11.3. The molecular formula is C8H14N4O2. The molecule has 1 aromatic heterocycles. The number of carbonyl (C=O) groups excluding carboxylic acids is 1. The fourth-order valence-corrected chi connectivity index (χ4v) is 1.03. The lowest BCUT2D eigenvalue weighted by Gasteiger charge is -2.17. The van der Waals surface area contributed by atoms with Gasteiger partial charge in [-0.1, -0.05) is 0 Å². The number of ether oxygens (including phenoxy) is 1. The highest BCUT2D eigenvalue weighted by molar-refractivity contribution is 5.76. The third-order valence-electron chi connectivity index (χ3n) is 1.93. The Bertz CT molecular complexity index is 286. The summed E-state index contributed by atoms with van der Waals surface area (Å²) in [4.78, 5) is 15.0. The lowest BCUT2D eigenvalue weighted by Crippen LogP contribution is -2.39. The van der Waals surface area contributed by atoms with Gasteiger partial charge in [0.1, 0.15) is 18.7 Å². The quantitative estimate of drug-likeness (QED) is 0.673. The Labute approximate surface area is 82.1 Å². The number of nitrogens with two attached hydrogens (primary N) is 1. The summed E-state index contributed by atoms with van der Waals surface area (Å²) in [5, 5.41) is 3.90. The third kappa shape index (κ3) is 2.29. The molecule has 0 aromatic carbocycles. The van der Waals surface area contributed by atoms with E-state index in [1.807, 2.05) is 0 Å². The van der Waals surface area contributed by atoms with Crippen LogP contribution in [0.15, 0.2) is 12.7 Å². The van der Waals surface area contributed by atoms with Gasteiger partial charge in [-0.05, 0) is 13.8 Å². The SMILES string of the molecule is CCOC(=O)C(N)C(C)n1cncn1. The van der Waals surface area contributed by atoms with Crippen LogP contribution >= 0.6 is 0 Å². The van der Waals surface area contributed by atoms with Crippen molar-refractivity contribution in [2.45, 2.75) is 25.9 Å². The Morgan fingerprint density at radius 2 is 2.43 bits per heavy atom. The lowest BCUT2D eigenvalue weighted by atomic mass is 10.1. The van der Waals surface area contributed by atoms with Gasteiger partial charge in [0.2, 0.25) is 0 Å². The van der Waals surface area contributed by atoms with E-state index >= 15 is 0 Å². The molecule has 0 aliphatic heterocycles. The molecule has 0 radical (unpaired) electrons. The molecule has 2 N–H and O–H groups in total. The molecule has 6 nitrogen and oxygen atoms in total. The average molecular weight is 198 g/mol. The van der Waals surface area contributed by atoms with Crippen LogP contribution in [0, 0.1) is 0 Å². The summed E-state index contributed by atoms with van der Waals surface area (Å²) >= 11 is 0. The minimum absolute atomic E-state index is 0.253. The van der Waals surface area contributed by atoms with Crippen LogP contribution in [-0.4, -0.2) is 33.4 Å². The highest BCUT2D eigenvalue weighted by Gasteiger charge is 2.23. The molecule has 0 bridgehead atoms. The smallest absolute Gasteiger partial charge is 0.325 e. The van der Waals surface area contributed by atoms with E-state index in [-0.39, 0.29) is 6.04 Å². The first-order valence-electron chi connectivity index (χ1n) is 4.43. The van der Waals surface area contributed by atoms with E-state index in [2.05, 4.69) is 10.1 Å². The van der Waals surface area contributed by atoms with E-state index in [0.717, 1.165) is 0 Å². The Morgan fingerprint density at radius 1 is 1.71 bits per heavy atom. The first kappa shape index (κ1) is 10.6. The van der Waals surface area contributed by atoms with E-state index in [4.69, 9.17) is 10.5 Å². The van der Waals surface area contributed by atoms with E-state index < -0.39 is 12.0 Å². The largest absolute Gasteiger partial charge is 0.465 e. The third-order valence-corrected chi connectivity index (χ3v) is 1.93. The van der Waals surface area contributed by atoms with E-state index in [1.165, 1.54) is 17.3 Å². The number of carbonyl (C=O) groups is 1. The minimum atomic E-state index is -0.711. The first-order chi connectivity index (χ1) is 6.66. The van der Waals surface area contributed by atoms with Gasteiger partial charge in [-0.25, -0.2) is 9.67 Å². The van der Waals surface area contributed by atoms with Crippen LogP contribution in [0.2, 0.25) is 0 Å². The molecule has 1 aromatic rings. The van der Waals surface area contributed by atoms with Crippen molar-refractivity contribution < 1.29 is 9.53 Å². The average Bonchev–Trinajstić information content (AvgIpc) is 2.68. The van der Waals surface area contributed by atoms with Gasteiger partial charge in [-0.2, -0.15) is 5.10 Å². The number of aromatic nitrogens is 3. The number of nitrogens with zero attached hydrogens (tertiary/aromatic N) is 3. The number of rotatable bonds is 4. The second-order valence-corrected chi connectivity index (χ2v) is 2.89. The number of hydrogen-bond acceptors (Lipinski definition) is 5. The fourth-order valence-electron chi connectivity index (χ4n) is 1.03. The van der Waals surface area contributed by atoms with Gasteiger partial charge in [-0.3, -0.25) is 4.79 Å². The molecule has 2 unspecified atom stereocenters. The van der Waals surface area contributed by atoms with Crippen molar-refractivity contribution in [2.75, 3.05) is 6.61 Å². The molecule has 0 aliphatic rings. The van der Waals surface area contributed by atoms with Gasteiger partial charge >= 0.3 is 5.97 Å². The lowest BCUT2D eigenvalue weighted by molar-refractivity contribution is -0.145. The van der Waals surface area contributed by atoms with E-state index in [1.54, 1.807) is 13.8 Å². The standard InChI is InChI=1S/C8H14N4O2/c1-3-14-8(13)7(9)6(2)12-5-10-4-11-12/h4-7H,3,9H2,1-2H3. The second-order valence-electron chi connectivity index (χ2n) is 2.89. The molecule has 0 saturated heterocycles. The normalized spacial score (nSPS) is 14.8. The molecule has 0 aliphatic carbocycles. The van der Waals surface area contributed by atoms with Gasteiger partial charge in [0.05, 0.1) is 12.6 Å². The molecule has 0 saturated carbocycles. The van der Waals surface area contributed by atoms with Crippen LogP contribution in [0.5, 0.6) is 0 Å². The zero-order valence-electron chi connectivity index (χ0n) is 8.25. The molecule has 6 heteroatoms. The molecule has 14 heavy (non-hydrogen) atoms. The number of hydrogen-bond donors (Lipinski definition) is 1. The zero-order chi connectivity index (χ0) is 10.6. The molecule has 1 heterocycles. The van der Waals surface area contributed by atoms with E-state index in [0.29, 0.717) is 6.61 Å². The van der Waals surface area contributed by atoms with Gasteiger partial charge in [0.25, 0.3) is 0 Å². The van der Waals surface area contributed by atoms with Crippen molar-refractivity contribution in [3.8, 4) is 0 Å². The summed E-state index contributed by atoms with van der Waals surface area (Å²) in [6.45, 7) is 3.86. The summed E-state index contributed by atoms with van der Waals surface area (Å²) in [6.07, 6.45) is 2.91. The van der Waals surface area contributed by atoms with Gasteiger partial charge in [0, 0.05) is 0 Å². The molecule has 78 valence electrons. The van der Waals surface area contributed by atoms with Crippen molar-refractivity contribution >= 4 is 5.97 Å². The van der Waals surface area contributed by atoms with Gasteiger partial charge < -0.3 is 10.5 Å². The van der Waals surface area contributed by atoms with Crippen molar-refractivity contribution in [1.29, 1.82) is 0 Å². The van der Waals surface area contributed by atoms with Crippen LogP contribution in [-0.2, 0) is 9.53 Å². The molecule has 0 spiro atoms. The minimum Gasteiger partial charge on any atom is -0.465 e. The summed E-state index contributed by atoms with van der Waals surface area (Å²) in [5.41, 5.74) is 5.67. The van der Waals surface area contributed by atoms with Gasteiger partial charge in [-0.15, -0.1) is 0 Å². The van der Waals surface area contributed by atoms with Crippen LogP contribution < -0.4 is 5.73 Å². The van der Waals surface area contributed by atoms with E-state index in [9.17, 15) is 4.79 Å². The predicted molar refractivity (Wildman–Crippen MR) is 49.3 cm³/mol. The van der Waals surface area contributed by atoms with Crippen molar-refractivity contribution in [3.63, 3.8) is 0 Å². The summed E-state index contributed by atoms with van der Waals surface area (Å²) in [5.74, 6) is -0.421. The Morgan fingerprint density at radius 3 is 2.93 bits per heavy atom. The summed E-state index contributed by atoms with van der Waals surface area (Å²) in [6, 6.07) is -0.965. The highest BCUT2D eigenvalue weighted by Crippen LogP contribution is 2.07. The molecule has 0 amide bonds. The number of esters is 1.